The Labute approximate surface area is 137 Å². The minimum Gasteiger partial charge on any atom is -0.369 e. The molecule has 1 N–H and O–H groups in total. The topological polar surface area (TPSA) is 71.3 Å². The molecule has 1 aromatic heterocycles. The summed E-state index contributed by atoms with van der Waals surface area (Å²) in [7, 11) is 0. The molecule has 122 valence electrons. The van der Waals surface area contributed by atoms with Crippen LogP contribution in [0.15, 0.2) is 23.6 Å². The third kappa shape index (κ3) is 3.58. The molecule has 2 heterocycles. The Bertz CT molecular complexity index is 713. The molecule has 0 spiro atoms. The third-order valence-electron chi connectivity index (χ3n) is 3.92. The summed E-state index contributed by atoms with van der Waals surface area (Å²) in [4.78, 5) is 16.4. The quantitative estimate of drug-likeness (QED) is 0.682. The number of aryl methyl sites for hydroxylation is 1. The lowest BCUT2D eigenvalue weighted by Crippen LogP contribution is -2.39. The van der Waals surface area contributed by atoms with Gasteiger partial charge in [0.15, 0.2) is 10.9 Å². The number of anilines is 2. The molecule has 0 saturated carbocycles. The molecule has 23 heavy (non-hydrogen) atoms. The first-order valence-electron chi connectivity index (χ1n) is 7.40. The van der Waals surface area contributed by atoms with E-state index in [1.807, 2.05) is 17.2 Å². The average molecular weight is 336 g/mol. The van der Waals surface area contributed by atoms with E-state index in [1.54, 1.807) is 11.3 Å². The lowest BCUT2D eigenvalue weighted by Gasteiger charge is -2.34. The number of nitrogens with one attached hydrogen (secondary N) is 1. The van der Waals surface area contributed by atoms with Gasteiger partial charge < -0.3 is 10.2 Å². The van der Waals surface area contributed by atoms with Gasteiger partial charge in [0.2, 0.25) is 0 Å². The number of hydrogen-bond donors (Lipinski definition) is 1. The first-order chi connectivity index (χ1) is 11.0. The first kappa shape index (κ1) is 15.7. The van der Waals surface area contributed by atoms with Crippen molar-refractivity contribution >= 4 is 27.8 Å². The van der Waals surface area contributed by atoms with Gasteiger partial charge in [0.25, 0.3) is 5.69 Å². The van der Waals surface area contributed by atoms with Crippen LogP contribution >= 0.6 is 11.3 Å². The van der Waals surface area contributed by atoms with Crippen LogP contribution in [-0.2, 0) is 0 Å². The van der Waals surface area contributed by atoms with Crippen molar-refractivity contribution in [3.63, 3.8) is 0 Å². The Morgan fingerprint density at radius 2 is 2.17 bits per heavy atom. The molecule has 0 unspecified atom stereocenters. The molecule has 6 nitrogen and oxygen atoms in total. The van der Waals surface area contributed by atoms with E-state index in [1.165, 1.54) is 12.1 Å². The summed E-state index contributed by atoms with van der Waals surface area (Å²) in [6, 6.07) is 4.14. The van der Waals surface area contributed by atoms with Crippen LogP contribution < -0.4 is 10.2 Å². The molecule has 1 saturated heterocycles. The van der Waals surface area contributed by atoms with Crippen molar-refractivity contribution in [2.75, 3.05) is 23.3 Å². The van der Waals surface area contributed by atoms with E-state index in [9.17, 15) is 14.5 Å². The summed E-state index contributed by atoms with van der Waals surface area (Å²) >= 11 is 1.59. The van der Waals surface area contributed by atoms with Gasteiger partial charge in [0, 0.05) is 30.6 Å². The molecule has 2 aromatic rings. The SMILES string of the molecule is Cc1csc(NC2CCN(c3ccc([N+](=O)[O-])cc3F)CC2)n1. The van der Waals surface area contributed by atoms with Crippen molar-refractivity contribution in [3.8, 4) is 0 Å². The summed E-state index contributed by atoms with van der Waals surface area (Å²) in [5.41, 5.74) is 1.21. The number of nitrogens with zero attached hydrogens (tertiary/aromatic N) is 3. The Hall–Kier alpha value is -2.22. The van der Waals surface area contributed by atoms with E-state index >= 15 is 0 Å². The molecular weight excluding hydrogens is 319 g/mol. The molecule has 8 heteroatoms. The third-order valence-corrected chi connectivity index (χ3v) is 4.82. The van der Waals surface area contributed by atoms with Crippen molar-refractivity contribution in [2.45, 2.75) is 25.8 Å². The Morgan fingerprint density at radius 3 is 2.74 bits per heavy atom. The Balaban J connectivity index is 1.61. The highest BCUT2D eigenvalue weighted by Crippen LogP contribution is 2.27. The number of thiazole rings is 1. The number of halogens is 1. The maximum atomic E-state index is 14.1. The van der Waals surface area contributed by atoms with Gasteiger partial charge in [-0.15, -0.1) is 11.3 Å². The minimum atomic E-state index is -0.584. The van der Waals surface area contributed by atoms with Gasteiger partial charge >= 0.3 is 0 Å². The van der Waals surface area contributed by atoms with Crippen LogP contribution in [0.3, 0.4) is 0 Å². The van der Waals surface area contributed by atoms with Crippen LogP contribution in [0.1, 0.15) is 18.5 Å². The largest absolute Gasteiger partial charge is 0.369 e. The first-order valence-corrected chi connectivity index (χ1v) is 8.28. The number of non-ortho nitro benzene ring substituents is 1. The molecule has 0 atom stereocenters. The zero-order valence-corrected chi connectivity index (χ0v) is 13.5. The lowest BCUT2D eigenvalue weighted by atomic mass is 10.0. The van der Waals surface area contributed by atoms with Crippen molar-refractivity contribution in [1.82, 2.24) is 4.98 Å². The maximum absolute atomic E-state index is 14.1. The predicted octanol–water partition coefficient (Wildman–Crippen LogP) is 3.58. The highest BCUT2D eigenvalue weighted by atomic mass is 32.1. The molecule has 0 bridgehead atoms. The zero-order valence-electron chi connectivity index (χ0n) is 12.7. The van der Waals surface area contributed by atoms with E-state index in [4.69, 9.17) is 0 Å². The Kier molecular flexibility index (Phi) is 4.42. The van der Waals surface area contributed by atoms with Crippen LogP contribution in [0.25, 0.3) is 0 Å². The normalized spacial score (nSPS) is 15.7. The van der Waals surface area contributed by atoms with Crippen LogP contribution in [0.4, 0.5) is 20.9 Å². The summed E-state index contributed by atoms with van der Waals surface area (Å²) in [6.07, 6.45) is 1.74. The molecule has 1 aliphatic heterocycles. The van der Waals surface area contributed by atoms with E-state index in [-0.39, 0.29) is 5.69 Å². The molecule has 3 rings (SSSR count). The molecule has 1 aliphatic rings. The van der Waals surface area contributed by atoms with E-state index in [2.05, 4.69) is 10.3 Å². The fourth-order valence-corrected chi connectivity index (χ4v) is 3.49. The second-order valence-electron chi connectivity index (χ2n) is 5.59. The van der Waals surface area contributed by atoms with Gasteiger partial charge in [-0.3, -0.25) is 10.1 Å². The van der Waals surface area contributed by atoms with Crippen molar-refractivity contribution in [3.05, 3.63) is 45.2 Å². The summed E-state index contributed by atoms with van der Waals surface area (Å²) in [5, 5.41) is 17.0. The fraction of sp³-hybridized carbons (Fsp3) is 0.400. The van der Waals surface area contributed by atoms with Gasteiger partial charge in [-0.1, -0.05) is 0 Å². The molecule has 1 fully saturated rings. The number of aromatic nitrogens is 1. The molecule has 0 amide bonds. The van der Waals surface area contributed by atoms with Crippen LogP contribution in [-0.4, -0.2) is 29.0 Å². The second kappa shape index (κ2) is 6.49. The van der Waals surface area contributed by atoms with Gasteiger partial charge in [-0.2, -0.15) is 0 Å². The number of hydrogen-bond acceptors (Lipinski definition) is 6. The van der Waals surface area contributed by atoms with Crippen molar-refractivity contribution in [2.24, 2.45) is 0 Å². The van der Waals surface area contributed by atoms with Gasteiger partial charge in [0.1, 0.15) is 0 Å². The monoisotopic (exact) mass is 336 g/mol. The van der Waals surface area contributed by atoms with E-state index < -0.39 is 10.7 Å². The fourth-order valence-electron chi connectivity index (χ4n) is 2.73. The van der Waals surface area contributed by atoms with Gasteiger partial charge in [-0.25, -0.2) is 9.37 Å². The van der Waals surface area contributed by atoms with Crippen molar-refractivity contribution < 1.29 is 9.31 Å². The molecule has 0 radical (unpaired) electrons. The molecule has 0 aliphatic carbocycles. The summed E-state index contributed by atoms with van der Waals surface area (Å²) in [6.45, 7) is 3.37. The van der Waals surface area contributed by atoms with Crippen LogP contribution in [0.5, 0.6) is 0 Å². The average Bonchev–Trinajstić information content (AvgIpc) is 2.93. The number of nitro groups is 1. The van der Waals surface area contributed by atoms with E-state index in [0.29, 0.717) is 24.8 Å². The highest BCUT2D eigenvalue weighted by Gasteiger charge is 2.23. The smallest absolute Gasteiger partial charge is 0.272 e. The van der Waals surface area contributed by atoms with Gasteiger partial charge in [-0.05, 0) is 25.8 Å². The number of piperidine rings is 1. The van der Waals surface area contributed by atoms with Crippen LogP contribution in [0.2, 0.25) is 0 Å². The van der Waals surface area contributed by atoms with Gasteiger partial charge in [0.05, 0.1) is 22.4 Å². The van der Waals surface area contributed by atoms with E-state index in [0.717, 1.165) is 29.7 Å². The second-order valence-corrected chi connectivity index (χ2v) is 6.45. The highest BCUT2D eigenvalue weighted by molar-refractivity contribution is 7.13. The predicted molar refractivity (Wildman–Crippen MR) is 88.8 cm³/mol. The zero-order chi connectivity index (χ0) is 16.4. The van der Waals surface area contributed by atoms with Crippen molar-refractivity contribution in [1.29, 1.82) is 0 Å². The Morgan fingerprint density at radius 1 is 1.43 bits per heavy atom. The number of rotatable bonds is 4. The lowest BCUT2D eigenvalue weighted by molar-refractivity contribution is -0.385. The minimum absolute atomic E-state index is 0.220. The number of benzene rings is 1. The molecule has 1 aromatic carbocycles. The standard InChI is InChI=1S/C15H17FN4O2S/c1-10-9-23-15(17-10)18-11-4-6-19(7-5-11)14-3-2-12(20(21)22)8-13(14)16/h2-3,8-9,11H,4-7H2,1H3,(H,17,18). The summed E-state index contributed by atoms with van der Waals surface area (Å²) in [5.74, 6) is -0.541. The van der Waals surface area contributed by atoms with Crippen LogP contribution in [0, 0.1) is 22.9 Å². The summed E-state index contributed by atoms with van der Waals surface area (Å²) < 4.78 is 14.1. The molecular formula is C15H17FN4O2S. The maximum Gasteiger partial charge on any atom is 0.272 e. The number of nitro benzene ring substituents is 1.